The Labute approximate surface area is 142 Å². The minimum Gasteiger partial charge on any atom is -0.338 e. The van der Waals surface area contributed by atoms with Gasteiger partial charge in [-0.15, -0.1) is 0 Å². The Morgan fingerprint density at radius 3 is 2.83 bits per heavy atom. The lowest BCUT2D eigenvalue weighted by Crippen LogP contribution is -2.30. The molecule has 1 unspecified atom stereocenters. The number of anilines is 1. The number of hydrogen-bond acceptors (Lipinski definition) is 4. The quantitative estimate of drug-likeness (QED) is 0.873. The van der Waals surface area contributed by atoms with Gasteiger partial charge in [-0.25, -0.2) is 13.4 Å². The van der Waals surface area contributed by atoms with Crippen molar-refractivity contribution in [3.63, 3.8) is 0 Å². The third kappa shape index (κ3) is 4.79. The first-order chi connectivity index (χ1) is 11.4. The van der Waals surface area contributed by atoms with Crippen LogP contribution >= 0.6 is 0 Å². The molecule has 0 aliphatic rings. The van der Waals surface area contributed by atoms with Crippen molar-refractivity contribution < 1.29 is 9.00 Å². The lowest BCUT2D eigenvalue weighted by Gasteiger charge is -2.10. The number of nitrogens with zero attached hydrogens (tertiary/aromatic N) is 2. The molecule has 2 aromatic rings. The molecule has 2 amide bonds. The molecule has 0 fully saturated rings. The zero-order valence-electron chi connectivity index (χ0n) is 14.1. The van der Waals surface area contributed by atoms with Gasteiger partial charge < -0.3 is 10.6 Å². The lowest BCUT2D eigenvalue weighted by atomic mass is 10.1. The van der Waals surface area contributed by atoms with E-state index in [4.69, 9.17) is 0 Å². The SMILES string of the molecule is CN=S(C)(=O)c1cccc(NC(=O)NCCc2ccncc2C)c1. The Kier molecular flexibility index (Phi) is 5.92. The second-order valence-electron chi connectivity index (χ2n) is 5.45. The third-order valence-corrected chi connectivity index (χ3v) is 5.52. The summed E-state index contributed by atoms with van der Waals surface area (Å²) in [6.07, 6.45) is 5.86. The molecule has 0 saturated heterocycles. The van der Waals surface area contributed by atoms with Crippen LogP contribution in [0.2, 0.25) is 0 Å². The number of nitrogens with one attached hydrogen (secondary N) is 2. The summed E-state index contributed by atoms with van der Waals surface area (Å²) in [6.45, 7) is 2.51. The monoisotopic (exact) mass is 346 g/mol. The molecule has 0 bridgehead atoms. The van der Waals surface area contributed by atoms with Gasteiger partial charge in [0.15, 0.2) is 0 Å². The predicted molar refractivity (Wildman–Crippen MR) is 96.8 cm³/mol. The van der Waals surface area contributed by atoms with Crippen molar-refractivity contribution in [3.05, 3.63) is 53.9 Å². The molecule has 7 heteroatoms. The van der Waals surface area contributed by atoms with Crippen molar-refractivity contribution in [2.75, 3.05) is 25.2 Å². The van der Waals surface area contributed by atoms with Crippen LogP contribution in [0.4, 0.5) is 10.5 Å². The summed E-state index contributed by atoms with van der Waals surface area (Å²) in [5.41, 5.74) is 2.85. The molecular formula is C17H22N4O2S. The van der Waals surface area contributed by atoms with Crippen LogP contribution in [-0.4, -0.2) is 35.1 Å². The maximum atomic E-state index is 12.3. The van der Waals surface area contributed by atoms with Crippen LogP contribution in [0, 0.1) is 6.92 Å². The standard InChI is InChI=1S/C17H22N4O2S/c1-13-12-19-9-7-14(13)8-10-20-17(22)21-15-5-4-6-16(11-15)24(3,23)18-2/h4-7,9,11-12H,8,10H2,1-3H3,(H2,20,21,22). The minimum absolute atomic E-state index is 0.296. The second kappa shape index (κ2) is 7.92. The van der Waals surface area contributed by atoms with E-state index in [0.29, 0.717) is 17.1 Å². The van der Waals surface area contributed by atoms with E-state index in [-0.39, 0.29) is 6.03 Å². The molecule has 128 valence electrons. The summed E-state index contributed by atoms with van der Waals surface area (Å²) in [6, 6.07) is 8.58. The zero-order chi connectivity index (χ0) is 17.6. The molecule has 0 saturated carbocycles. The van der Waals surface area contributed by atoms with E-state index in [1.807, 2.05) is 19.2 Å². The number of rotatable bonds is 5. The summed E-state index contributed by atoms with van der Waals surface area (Å²) in [5.74, 6) is 0. The van der Waals surface area contributed by atoms with Gasteiger partial charge in [-0.2, -0.15) is 0 Å². The topological polar surface area (TPSA) is 83.5 Å². The largest absolute Gasteiger partial charge is 0.338 e. The van der Waals surface area contributed by atoms with Crippen molar-refractivity contribution in [1.82, 2.24) is 10.3 Å². The number of carbonyl (C=O) groups excluding carboxylic acids is 1. The van der Waals surface area contributed by atoms with Gasteiger partial charge in [-0.05, 0) is 48.7 Å². The van der Waals surface area contributed by atoms with Crippen molar-refractivity contribution in [1.29, 1.82) is 0 Å². The molecule has 1 heterocycles. The average molecular weight is 346 g/mol. The van der Waals surface area contributed by atoms with Gasteiger partial charge in [-0.3, -0.25) is 4.98 Å². The molecule has 1 aromatic heterocycles. The van der Waals surface area contributed by atoms with Crippen LogP contribution in [-0.2, 0) is 16.1 Å². The van der Waals surface area contributed by atoms with Crippen LogP contribution in [0.15, 0.2) is 52.0 Å². The average Bonchev–Trinajstić information content (AvgIpc) is 2.57. The van der Waals surface area contributed by atoms with Gasteiger partial charge in [0.25, 0.3) is 0 Å². The first kappa shape index (κ1) is 17.9. The van der Waals surface area contributed by atoms with Crippen LogP contribution in [0.3, 0.4) is 0 Å². The number of amides is 2. The Morgan fingerprint density at radius 1 is 1.33 bits per heavy atom. The molecule has 0 spiro atoms. The summed E-state index contributed by atoms with van der Waals surface area (Å²) >= 11 is 0. The van der Waals surface area contributed by atoms with Gasteiger partial charge >= 0.3 is 6.03 Å². The van der Waals surface area contributed by atoms with Crippen LogP contribution < -0.4 is 10.6 Å². The minimum atomic E-state index is -2.42. The molecule has 0 aliphatic carbocycles. The first-order valence-electron chi connectivity index (χ1n) is 7.57. The van der Waals surface area contributed by atoms with Crippen molar-refractivity contribution in [2.45, 2.75) is 18.2 Å². The number of carbonyl (C=O) groups is 1. The van der Waals surface area contributed by atoms with E-state index in [0.717, 1.165) is 17.5 Å². The van der Waals surface area contributed by atoms with Gasteiger partial charge in [0.2, 0.25) is 0 Å². The maximum absolute atomic E-state index is 12.3. The smallest absolute Gasteiger partial charge is 0.319 e. The fourth-order valence-corrected chi connectivity index (χ4v) is 3.07. The Balaban J connectivity index is 1.92. The number of aromatic nitrogens is 1. The van der Waals surface area contributed by atoms with E-state index in [1.165, 1.54) is 7.05 Å². The molecular weight excluding hydrogens is 324 g/mol. The van der Waals surface area contributed by atoms with E-state index in [9.17, 15) is 9.00 Å². The van der Waals surface area contributed by atoms with E-state index in [1.54, 1.807) is 36.7 Å². The first-order valence-corrected chi connectivity index (χ1v) is 9.49. The number of pyridine rings is 1. The van der Waals surface area contributed by atoms with E-state index < -0.39 is 9.73 Å². The molecule has 0 aliphatic heterocycles. The number of benzene rings is 1. The third-order valence-electron chi connectivity index (χ3n) is 3.69. The fraction of sp³-hybridized carbons (Fsp3) is 0.294. The summed E-state index contributed by atoms with van der Waals surface area (Å²) in [7, 11) is -0.893. The Bertz CT molecular complexity index is 842. The number of aryl methyl sites for hydroxylation is 1. The van der Waals surface area contributed by atoms with Crippen LogP contribution in [0.25, 0.3) is 0 Å². The summed E-state index contributed by atoms with van der Waals surface area (Å²) < 4.78 is 16.2. The molecule has 0 radical (unpaired) electrons. The van der Waals surface area contributed by atoms with Gasteiger partial charge in [0.1, 0.15) is 0 Å². The summed E-state index contributed by atoms with van der Waals surface area (Å²) in [4.78, 5) is 16.6. The molecule has 6 nitrogen and oxygen atoms in total. The van der Waals surface area contributed by atoms with E-state index in [2.05, 4.69) is 20.0 Å². The highest BCUT2D eigenvalue weighted by Gasteiger charge is 2.07. The van der Waals surface area contributed by atoms with Gasteiger partial charge in [0.05, 0.1) is 9.73 Å². The van der Waals surface area contributed by atoms with Gasteiger partial charge in [0, 0.05) is 42.8 Å². The Morgan fingerprint density at radius 2 is 2.12 bits per heavy atom. The maximum Gasteiger partial charge on any atom is 0.319 e. The molecule has 2 N–H and O–H groups in total. The molecule has 24 heavy (non-hydrogen) atoms. The highest BCUT2D eigenvalue weighted by Crippen LogP contribution is 2.16. The Hall–Kier alpha value is -2.41. The lowest BCUT2D eigenvalue weighted by molar-refractivity contribution is 0.252. The highest BCUT2D eigenvalue weighted by molar-refractivity contribution is 7.93. The second-order valence-corrected chi connectivity index (χ2v) is 7.89. The van der Waals surface area contributed by atoms with E-state index >= 15 is 0 Å². The molecule has 2 rings (SSSR count). The molecule has 1 aromatic carbocycles. The molecule has 1 atom stereocenters. The summed E-state index contributed by atoms with van der Waals surface area (Å²) in [5, 5.41) is 5.56. The van der Waals surface area contributed by atoms with Crippen LogP contribution in [0.1, 0.15) is 11.1 Å². The predicted octanol–water partition coefficient (Wildman–Crippen LogP) is 2.84. The highest BCUT2D eigenvalue weighted by atomic mass is 32.2. The van der Waals surface area contributed by atoms with Crippen molar-refractivity contribution in [3.8, 4) is 0 Å². The fourth-order valence-electron chi connectivity index (χ4n) is 2.18. The van der Waals surface area contributed by atoms with Crippen molar-refractivity contribution >= 4 is 21.4 Å². The van der Waals surface area contributed by atoms with Crippen LogP contribution in [0.5, 0.6) is 0 Å². The number of hydrogen-bond donors (Lipinski definition) is 2. The van der Waals surface area contributed by atoms with Crippen molar-refractivity contribution in [2.24, 2.45) is 4.36 Å². The van der Waals surface area contributed by atoms with Gasteiger partial charge in [-0.1, -0.05) is 6.07 Å². The number of urea groups is 1. The normalized spacial score (nSPS) is 13.0. The zero-order valence-corrected chi connectivity index (χ0v) is 14.9.